The van der Waals surface area contributed by atoms with Crippen molar-refractivity contribution in [3.05, 3.63) is 107 Å². The first-order valence-electron chi connectivity index (χ1n) is 12.2. The molecule has 1 heterocycles. The molecular formula is C29H24Cl2N2O5S. The first-order valence-corrected chi connectivity index (χ1v) is 14.4. The van der Waals surface area contributed by atoms with Crippen LogP contribution in [-0.4, -0.2) is 27.5 Å². The molecule has 0 atom stereocenters. The van der Waals surface area contributed by atoms with Gasteiger partial charge in [-0.25, -0.2) is 8.42 Å². The summed E-state index contributed by atoms with van der Waals surface area (Å²) in [6.07, 6.45) is 1.55. The summed E-state index contributed by atoms with van der Waals surface area (Å²) >= 11 is 12.5. The predicted molar refractivity (Wildman–Crippen MR) is 153 cm³/mol. The highest BCUT2D eigenvalue weighted by molar-refractivity contribution is 7.92. The van der Waals surface area contributed by atoms with Crippen LogP contribution in [-0.2, 0) is 21.2 Å². The van der Waals surface area contributed by atoms with Crippen LogP contribution in [0, 0.1) is 0 Å². The molecule has 39 heavy (non-hydrogen) atoms. The maximum Gasteiger partial charge on any atom is 0.264 e. The number of benzene rings is 4. The molecule has 0 radical (unpaired) electrons. The quantitative estimate of drug-likeness (QED) is 0.243. The first kappa shape index (κ1) is 26.9. The molecule has 0 aliphatic carbocycles. The number of halogens is 2. The van der Waals surface area contributed by atoms with Crippen LogP contribution in [0.25, 0.3) is 0 Å². The number of ether oxygens (including phenoxy) is 2. The summed E-state index contributed by atoms with van der Waals surface area (Å²) in [4.78, 5) is 12.7. The average molecular weight is 583 g/mol. The second-order valence-electron chi connectivity index (χ2n) is 8.79. The molecule has 4 aromatic carbocycles. The van der Waals surface area contributed by atoms with Crippen molar-refractivity contribution in [1.82, 2.24) is 0 Å². The zero-order chi connectivity index (χ0) is 27.4. The summed E-state index contributed by atoms with van der Waals surface area (Å²) < 4.78 is 39.7. The number of carbonyl (C=O) groups is 1. The Balaban J connectivity index is 1.27. The Bertz CT molecular complexity index is 1610. The second-order valence-corrected chi connectivity index (χ2v) is 11.5. The van der Waals surface area contributed by atoms with Crippen molar-refractivity contribution in [3.8, 4) is 17.2 Å². The molecular weight excluding hydrogens is 559 g/mol. The molecule has 0 unspecified atom stereocenters. The molecule has 1 aliphatic heterocycles. The molecule has 0 bridgehead atoms. The number of aryl methyl sites for hydroxylation is 1. The van der Waals surface area contributed by atoms with Gasteiger partial charge in [-0.3, -0.25) is 9.10 Å². The van der Waals surface area contributed by atoms with Crippen molar-refractivity contribution in [1.29, 1.82) is 0 Å². The van der Waals surface area contributed by atoms with E-state index in [-0.39, 0.29) is 22.3 Å². The number of fused-ring (bicyclic) bond motifs is 1. The minimum atomic E-state index is -3.83. The fourth-order valence-electron chi connectivity index (χ4n) is 4.27. The van der Waals surface area contributed by atoms with E-state index in [9.17, 15) is 13.2 Å². The molecule has 0 fully saturated rings. The number of nitrogens with zero attached hydrogens (tertiary/aromatic N) is 1. The summed E-state index contributed by atoms with van der Waals surface area (Å²) in [5.74, 6) is 0.705. The number of anilines is 2. The molecule has 10 heteroatoms. The van der Waals surface area contributed by atoms with E-state index >= 15 is 0 Å². The average Bonchev–Trinajstić information content (AvgIpc) is 2.94. The van der Waals surface area contributed by atoms with Crippen molar-refractivity contribution < 1.29 is 22.7 Å². The number of sulfonamides is 1. The van der Waals surface area contributed by atoms with Gasteiger partial charge in [-0.05, 0) is 73.0 Å². The lowest BCUT2D eigenvalue weighted by molar-refractivity contribution is -0.118. The Hall–Kier alpha value is -3.72. The zero-order valence-corrected chi connectivity index (χ0v) is 23.0. The highest BCUT2D eigenvalue weighted by atomic mass is 35.5. The van der Waals surface area contributed by atoms with E-state index in [0.29, 0.717) is 34.4 Å². The molecule has 4 aromatic rings. The van der Waals surface area contributed by atoms with Gasteiger partial charge >= 0.3 is 0 Å². The molecule has 0 spiro atoms. The summed E-state index contributed by atoms with van der Waals surface area (Å²) in [7, 11) is -3.83. The highest BCUT2D eigenvalue weighted by Gasteiger charge is 2.29. The number of hydrogen-bond donors (Lipinski definition) is 1. The zero-order valence-electron chi connectivity index (χ0n) is 20.6. The number of amides is 1. The van der Waals surface area contributed by atoms with E-state index in [2.05, 4.69) is 5.32 Å². The molecule has 0 aromatic heterocycles. The van der Waals surface area contributed by atoms with Gasteiger partial charge in [-0.15, -0.1) is 0 Å². The number of carbonyl (C=O) groups excluding carboxylic acids is 1. The van der Waals surface area contributed by atoms with E-state index in [1.165, 1.54) is 22.5 Å². The van der Waals surface area contributed by atoms with Crippen molar-refractivity contribution in [3.63, 3.8) is 0 Å². The fourth-order valence-corrected chi connectivity index (χ4v) is 6.31. The maximum absolute atomic E-state index is 13.4. The van der Waals surface area contributed by atoms with Gasteiger partial charge in [0.05, 0.1) is 21.3 Å². The Labute approximate surface area is 236 Å². The van der Waals surface area contributed by atoms with Crippen molar-refractivity contribution in [2.45, 2.75) is 17.7 Å². The molecule has 1 aliphatic rings. The van der Waals surface area contributed by atoms with E-state index in [0.717, 1.165) is 18.4 Å². The monoisotopic (exact) mass is 582 g/mol. The van der Waals surface area contributed by atoms with Crippen molar-refractivity contribution in [2.75, 3.05) is 22.8 Å². The van der Waals surface area contributed by atoms with E-state index in [1.54, 1.807) is 36.4 Å². The lowest BCUT2D eigenvalue weighted by Gasteiger charge is -2.30. The fraction of sp³-hybridized carbons (Fsp3) is 0.138. The van der Waals surface area contributed by atoms with Gasteiger partial charge in [0.2, 0.25) is 0 Å². The summed E-state index contributed by atoms with van der Waals surface area (Å²) in [5.41, 5.74) is 2.03. The smallest absolute Gasteiger partial charge is 0.264 e. The molecule has 0 saturated heterocycles. The minimum Gasteiger partial charge on any atom is -0.482 e. The molecule has 200 valence electrons. The molecule has 1 amide bonds. The maximum atomic E-state index is 13.4. The van der Waals surface area contributed by atoms with Crippen LogP contribution in [0.1, 0.15) is 12.0 Å². The van der Waals surface area contributed by atoms with Gasteiger partial charge in [-0.1, -0.05) is 59.6 Å². The van der Waals surface area contributed by atoms with Gasteiger partial charge in [0.1, 0.15) is 11.5 Å². The van der Waals surface area contributed by atoms with Gasteiger partial charge in [0.25, 0.3) is 15.9 Å². The normalized spacial score (nSPS) is 12.9. The van der Waals surface area contributed by atoms with Gasteiger partial charge in [-0.2, -0.15) is 0 Å². The Kier molecular flexibility index (Phi) is 7.97. The van der Waals surface area contributed by atoms with Crippen LogP contribution in [0.2, 0.25) is 10.0 Å². The van der Waals surface area contributed by atoms with Crippen LogP contribution in [0.4, 0.5) is 11.4 Å². The van der Waals surface area contributed by atoms with Crippen LogP contribution in [0.15, 0.2) is 95.9 Å². The van der Waals surface area contributed by atoms with Crippen LogP contribution in [0.5, 0.6) is 17.2 Å². The third kappa shape index (κ3) is 6.14. The summed E-state index contributed by atoms with van der Waals surface area (Å²) in [6.45, 7) is 0.0114. The van der Waals surface area contributed by atoms with Gasteiger partial charge < -0.3 is 14.8 Å². The van der Waals surface area contributed by atoms with E-state index in [1.807, 2.05) is 36.4 Å². The van der Waals surface area contributed by atoms with E-state index in [4.69, 9.17) is 32.7 Å². The Morgan fingerprint density at radius 3 is 2.44 bits per heavy atom. The third-order valence-corrected chi connectivity index (χ3v) is 8.44. The van der Waals surface area contributed by atoms with Crippen LogP contribution in [0.3, 0.4) is 0 Å². The van der Waals surface area contributed by atoms with E-state index < -0.39 is 15.9 Å². The van der Waals surface area contributed by atoms with Crippen molar-refractivity contribution >= 4 is 50.5 Å². The molecule has 5 rings (SSSR count). The molecule has 7 nitrogen and oxygen atoms in total. The van der Waals surface area contributed by atoms with Crippen molar-refractivity contribution in [2.24, 2.45) is 0 Å². The lowest BCUT2D eigenvalue weighted by atomic mass is 10.0. The predicted octanol–water partition coefficient (Wildman–Crippen LogP) is 6.94. The van der Waals surface area contributed by atoms with Gasteiger partial charge in [0.15, 0.2) is 12.4 Å². The lowest BCUT2D eigenvalue weighted by Crippen LogP contribution is -2.35. The summed E-state index contributed by atoms with van der Waals surface area (Å²) in [5, 5.41) is 3.22. The number of nitrogens with one attached hydrogen (secondary N) is 1. The first-order chi connectivity index (χ1) is 18.8. The topological polar surface area (TPSA) is 84.9 Å². The third-order valence-electron chi connectivity index (χ3n) is 6.10. The molecule has 0 saturated carbocycles. The van der Waals surface area contributed by atoms with Crippen LogP contribution >= 0.6 is 23.2 Å². The standard InChI is InChI=1S/C29H24Cl2N2O5S/c30-21-12-14-28(38-22-9-2-1-3-10-22)25(17-21)32-29(34)19-37-27-15-13-23(18-24(27)31)39(35,36)33-16-6-8-20-7-4-5-11-26(20)33/h1-5,7,9-15,17-18H,6,8,16,19H2,(H,32,34). The summed E-state index contributed by atoms with van der Waals surface area (Å²) in [6, 6.07) is 25.7. The largest absolute Gasteiger partial charge is 0.482 e. The SMILES string of the molecule is O=C(COc1ccc(S(=O)(=O)N2CCCc3ccccc32)cc1Cl)Nc1cc(Cl)ccc1Oc1ccccc1. The molecule has 1 N–H and O–H groups in total. The number of para-hydroxylation sites is 2. The Morgan fingerprint density at radius 1 is 0.897 bits per heavy atom. The second kappa shape index (κ2) is 11.6. The number of rotatable bonds is 8. The van der Waals surface area contributed by atoms with Crippen LogP contribution < -0.4 is 19.1 Å². The number of hydrogen-bond acceptors (Lipinski definition) is 5. The van der Waals surface area contributed by atoms with Gasteiger partial charge in [0, 0.05) is 11.6 Å². The highest BCUT2D eigenvalue weighted by Crippen LogP contribution is 2.35. The minimum absolute atomic E-state index is 0.0441. The Morgan fingerprint density at radius 2 is 1.64 bits per heavy atom.